The number of hydrazone groups is 1. The molecule has 0 spiro atoms. The first-order chi connectivity index (χ1) is 11.4. The molecule has 3 aromatic rings. The number of hydrogen-bond acceptors (Lipinski definition) is 6. The molecular formula is C15H16N6O3. The first-order valence-electron chi connectivity index (χ1n) is 7.11. The second-order valence-corrected chi connectivity index (χ2v) is 5.30. The fourth-order valence-electron chi connectivity index (χ4n) is 2.37. The average Bonchev–Trinajstić information content (AvgIpc) is 2.90. The zero-order valence-corrected chi connectivity index (χ0v) is 13.4. The molecule has 0 saturated heterocycles. The van der Waals surface area contributed by atoms with Gasteiger partial charge in [-0.2, -0.15) is 10.1 Å². The van der Waals surface area contributed by atoms with Crippen molar-refractivity contribution in [2.75, 3.05) is 5.43 Å². The molecule has 124 valence electrons. The molecule has 2 aromatic heterocycles. The zero-order valence-electron chi connectivity index (χ0n) is 13.4. The number of phenolic OH excluding ortho intramolecular Hbond substituents is 1. The highest BCUT2D eigenvalue weighted by Gasteiger charge is 2.16. The van der Waals surface area contributed by atoms with Gasteiger partial charge in [0, 0.05) is 26.7 Å². The molecule has 24 heavy (non-hydrogen) atoms. The first-order valence-corrected chi connectivity index (χ1v) is 7.11. The topological polar surface area (TPSA) is 106 Å². The van der Waals surface area contributed by atoms with Gasteiger partial charge in [-0.3, -0.25) is 13.9 Å². The van der Waals surface area contributed by atoms with Crippen LogP contribution in [-0.2, 0) is 21.1 Å². The molecule has 9 nitrogen and oxygen atoms in total. The van der Waals surface area contributed by atoms with Crippen molar-refractivity contribution in [3.8, 4) is 5.75 Å². The lowest BCUT2D eigenvalue weighted by Gasteiger charge is -2.03. The summed E-state index contributed by atoms with van der Waals surface area (Å²) in [5, 5.41) is 13.7. The number of para-hydroxylation sites is 1. The molecule has 3 rings (SSSR count). The third kappa shape index (κ3) is 2.35. The van der Waals surface area contributed by atoms with Gasteiger partial charge in [0.25, 0.3) is 5.56 Å². The molecule has 2 N–H and O–H groups in total. The van der Waals surface area contributed by atoms with Crippen molar-refractivity contribution in [3.63, 3.8) is 0 Å². The van der Waals surface area contributed by atoms with Gasteiger partial charge in [0.1, 0.15) is 5.75 Å². The summed E-state index contributed by atoms with van der Waals surface area (Å²) in [6.45, 7) is 0. The highest BCUT2D eigenvalue weighted by atomic mass is 16.3. The predicted octanol–water partition coefficient (Wildman–Crippen LogP) is 0.122. The van der Waals surface area contributed by atoms with Crippen LogP contribution in [0, 0.1) is 0 Å². The summed E-state index contributed by atoms with van der Waals surface area (Å²) in [5.74, 6) is 0.402. The number of rotatable bonds is 3. The van der Waals surface area contributed by atoms with Crippen LogP contribution in [0.3, 0.4) is 0 Å². The quantitative estimate of drug-likeness (QED) is 0.525. The van der Waals surface area contributed by atoms with Crippen LogP contribution >= 0.6 is 0 Å². The summed E-state index contributed by atoms with van der Waals surface area (Å²) in [6.07, 6.45) is 1.44. The maximum absolute atomic E-state index is 12.3. The van der Waals surface area contributed by atoms with Crippen LogP contribution in [0.25, 0.3) is 11.2 Å². The fraction of sp³-hybridized carbons (Fsp3) is 0.200. The highest BCUT2D eigenvalue weighted by molar-refractivity contribution is 5.83. The van der Waals surface area contributed by atoms with E-state index in [1.165, 1.54) is 22.4 Å². The maximum Gasteiger partial charge on any atom is 0.332 e. The van der Waals surface area contributed by atoms with E-state index in [0.717, 1.165) is 4.57 Å². The van der Waals surface area contributed by atoms with Gasteiger partial charge >= 0.3 is 5.69 Å². The molecule has 0 fully saturated rings. The number of benzene rings is 1. The standard InChI is InChI=1S/C15H16N6O3/c1-19-11-12(20(2)15(24)21(3)13(11)23)17-14(19)18-16-8-9-6-4-5-7-10(9)22/h4-8,22H,1-3H3,(H,17,18)/b16-8-. The van der Waals surface area contributed by atoms with Gasteiger partial charge < -0.3 is 9.67 Å². The van der Waals surface area contributed by atoms with E-state index in [2.05, 4.69) is 15.5 Å². The zero-order chi connectivity index (χ0) is 17.4. The minimum Gasteiger partial charge on any atom is -0.507 e. The number of phenols is 1. The molecule has 0 amide bonds. The van der Waals surface area contributed by atoms with E-state index < -0.39 is 11.2 Å². The van der Waals surface area contributed by atoms with Gasteiger partial charge in [-0.05, 0) is 12.1 Å². The van der Waals surface area contributed by atoms with Gasteiger partial charge in [-0.15, -0.1) is 0 Å². The molecule has 0 bridgehead atoms. The van der Waals surface area contributed by atoms with Crippen molar-refractivity contribution >= 4 is 23.3 Å². The predicted molar refractivity (Wildman–Crippen MR) is 90.5 cm³/mol. The number of fused-ring (bicyclic) bond motifs is 1. The molecule has 1 aromatic carbocycles. The number of hydrogen-bond donors (Lipinski definition) is 2. The van der Waals surface area contributed by atoms with Crippen LogP contribution in [0.4, 0.5) is 5.95 Å². The molecule has 0 atom stereocenters. The summed E-state index contributed by atoms with van der Waals surface area (Å²) < 4.78 is 3.85. The van der Waals surface area contributed by atoms with Crippen LogP contribution < -0.4 is 16.7 Å². The number of imidazole rings is 1. The van der Waals surface area contributed by atoms with Gasteiger partial charge in [0.15, 0.2) is 11.2 Å². The van der Waals surface area contributed by atoms with Crippen molar-refractivity contribution in [1.82, 2.24) is 18.7 Å². The number of nitrogens with one attached hydrogen (secondary N) is 1. The number of anilines is 1. The molecule has 2 heterocycles. The summed E-state index contributed by atoms with van der Waals surface area (Å²) >= 11 is 0. The van der Waals surface area contributed by atoms with Crippen molar-refractivity contribution in [1.29, 1.82) is 0 Å². The van der Waals surface area contributed by atoms with Gasteiger partial charge in [-0.25, -0.2) is 10.2 Å². The highest BCUT2D eigenvalue weighted by Crippen LogP contribution is 2.15. The minimum absolute atomic E-state index is 0.101. The Morgan fingerprint density at radius 2 is 1.83 bits per heavy atom. The van der Waals surface area contributed by atoms with E-state index in [9.17, 15) is 14.7 Å². The van der Waals surface area contributed by atoms with Crippen molar-refractivity contribution < 1.29 is 5.11 Å². The van der Waals surface area contributed by atoms with Crippen LogP contribution in [0.1, 0.15) is 5.56 Å². The lowest BCUT2D eigenvalue weighted by Crippen LogP contribution is -2.37. The summed E-state index contributed by atoms with van der Waals surface area (Å²) in [4.78, 5) is 28.5. The lowest BCUT2D eigenvalue weighted by molar-refractivity contribution is 0.474. The van der Waals surface area contributed by atoms with Crippen LogP contribution in [-0.4, -0.2) is 30.0 Å². The lowest BCUT2D eigenvalue weighted by atomic mass is 10.2. The Morgan fingerprint density at radius 3 is 2.54 bits per heavy atom. The Kier molecular flexibility index (Phi) is 3.68. The molecule has 0 saturated carbocycles. The monoisotopic (exact) mass is 328 g/mol. The second kappa shape index (κ2) is 5.69. The van der Waals surface area contributed by atoms with Crippen molar-refractivity contribution in [3.05, 3.63) is 50.7 Å². The molecule has 0 aliphatic heterocycles. The molecule has 0 aliphatic carbocycles. The number of aryl methyl sites for hydroxylation is 2. The Morgan fingerprint density at radius 1 is 1.12 bits per heavy atom. The number of nitrogens with zero attached hydrogens (tertiary/aromatic N) is 5. The fourth-order valence-corrected chi connectivity index (χ4v) is 2.37. The van der Waals surface area contributed by atoms with E-state index in [0.29, 0.717) is 17.0 Å². The smallest absolute Gasteiger partial charge is 0.332 e. The Labute approximate surface area is 136 Å². The SMILES string of the molecule is Cn1c(=O)c2c(nc(N/N=C\c3ccccc3O)n2C)n(C)c1=O. The van der Waals surface area contributed by atoms with E-state index in [1.807, 2.05) is 0 Å². The van der Waals surface area contributed by atoms with Crippen LogP contribution in [0.2, 0.25) is 0 Å². The largest absolute Gasteiger partial charge is 0.507 e. The summed E-state index contributed by atoms with van der Waals surface area (Å²) in [7, 11) is 4.62. The molecule has 0 unspecified atom stereocenters. The van der Waals surface area contributed by atoms with E-state index in [4.69, 9.17) is 0 Å². The molecule has 9 heteroatoms. The van der Waals surface area contributed by atoms with Crippen molar-refractivity contribution in [2.24, 2.45) is 26.2 Å². The summed E-state index contributed by atoms with van der Waals surface area (Å²) in [6, 6.07) is 6.74. The first kappa shape index (κ1) is 15.5. The molecule has 0 aliphatic rings. The van der Waals surface area contributed by atoms with Gasteiger partial charge in [-0.1, -0.05) is 12.1 Å². The van der Waals surface area contributed by atoms with E-state index in [-0.39, 0.29) is 11.4 Å². The minimum atomic E-state index is -0.449. The summed E-state index contributed by atoms with van der Waals surface area (Å²) in [5.41, 5.74) is 2.93. The van der Waals surface area contributed by atoms with Crippen LogP contribution in [0.5, 0.6) is 5.75 Å². The Balaban J connectivity index is 2.03. The van der Waals surface area contributed by atoms with Crippen molar-refractivity contribution in [2.45, 2.75) is 0 Å². The number of aromatic nitrogens is 4. The second-order valence-electron chi connectivity index (χ2n) is 5.30. The maximum atomic E-state index is 12.3. The normalized spacial score (nSPS) is 11.5. The average molecular weight is 328 g/mol. The molecule has 0 radical (unpaired) electrons. The van der Waals surface area contributed by atoms with Gasteiger partial charge in [0.05, 0.1) is 6.21 Å². The van der Waals surface area contributed by atoms with E-state index in [1.54, 1.807) is 38.4 Å². The van der Waals surface area contributed by atoms with Gasteiger partial charge in [0.2, 0.25) is 5.95 Å². The third-order valence-corrected chi connectivity index (χ3v) is 3.78. The third-order valence-electron chi connectivity index (χ3n) is 3.78. The number of aromatic hydroxyl groups is 1. The van der Waals surface area contributed by atoms with E-state index >= 15 is 0 Å². The van der Waals surface area contributed by atoms with Crippen LogP contribution in [0.15, 0.2) is 39.0 Å². The Bertz CT molecular complexity index is 1070. The Hall–Kier alpha value is -3.36. The molecular weight excluding hydrogens is 312 g/mol.